The summed E-state index contributed by atoms with van der Waals surface area (Å²) in [6.45, 7) is 0.170. The normalized spacial score (nSPS) is 10.4. The van der Waals surface area contributed by atoms with Crippen molar-refractivity contribution in [2.24, 2.45) is 0 Å². The molecule has 7 nitrogen and oxygen atoms in total. The molecular weight excluding hydrogens is 356 g/mol. The van der Waals surface area contributed by atoms with E-state index in [1.807, 2.05) is 6.07 Å². The van der Waals surface area contributed by atoms with Crippen LogP contribution in [0.3, 0.4) is 0 Å². The molecule has 1 heterocycles. The maximum Gasteiger partial charge on any atom is 0.322 e. The van der Waals surface area contributed by atoms with Crippen molar-refractivity contribution in [3.05, 3.63) is 59.4 Å². The fraction of sp³-hybridized carbons (Fsp3) is 0.167. The van der Waals surface area contributed by atoms with Gasteiger partial charge in [0.05, 0.1) is 7.11 Å². The summed E-state index contributed by atoms with van der Waals surface area (Å²) in [7, 11) is 3.21. The topological polar surface area (TPSA) is 80.5 Å². The Morgan fingerprint density at radius 3 is 2.85 bits per heavy atom. The van der Waals surface area contributed by atoms with Gasteiger partial charge in [0.1, 0.15) is 12.3 Å². The highest BCUT2D eigenvalue weighted by atomic mass is 35.5. The van der Waals surface area contributed by atoms with E-state index in [4.69, 9.17) is 20.9 Å². The number of benzene rings is 2. The average Bonchev–Trinajstić information content (AvgIpc) is 3.10. The molecule has 0 aliphatic carbocycles. The first-order valence-corrected chi connectivity index (χ1v) is 8.17. The molecule has 0 bridgehead atoms. The molecule has 2 amide bonds. The van der Waals surface area contributed by atoms with Crippen LogP contribution in [0.1, 0.15) is 5.89 Å². The number of anilines is 1. The second kappa shape index (κ2) is 7.88. The molecule has 26 heavy (non-hydrogen) atoms. The number of urea groups is 1. The first-order chi connectivity index (χ1) is 12.5. The van der Waals surface area contributed by atoms with Crippen molar-refractivity contribution in [2.75, 3.05) is 19.5 Å². The van der Waals surface area contributed by atoms with Gasteiger partial charge in [0, 0.05) is 29.4 Å². The Bertz CT molecular complexity index is 913. The molecule has 2 aromatic carbocycles. The van der Waals surface area contributed by atoms with Crippen molar-refractivity contribution in [1.82, 2.24) is 15.0 Å². The summed E-state index contributed by atoms with van der Waals surface area (Å²) in [4.78, 5) is 18.0. The van der Waals surface area contributed by atoms with Crippen LogP contribution in [0.25, 0.3) is 11.4 Å². The summed E-state index contributed by atoms with van der Waals surface area (Å²) in [5.74, 6) is 1.40. The number of methoxy groups -OCH3 is 1. The summed E-state index contributed by atoms with van der Waals surface area (Å²) in [5, 5.41) is 7.30. The van der Waals surface area contributed by atoms with Gasteiger partial charge in [-0.25, -0.2) is 4.79 Å². The largest absolute Gasteiger partial charge is 0.497 e. The van der Waals surface area contributed by atoms with Crippen molar-refractivity contribution < 1.29 is 14.1 Å². The molecule has 0 unspecified atom stereocenters. The summed E-state index contributed by atoms with van der Waals surface area (Å²) in [5.41, 5.74) is 1.38. The molecule has 0 aliphatic heterocycles. The highest BCUT2D eigenvalue weighted by molar-refractivity contribution is 6.30. The number of nitrogens with one attached hydrogen (secondary N) is 1. The SMILES string of the molecule is COc1cccc(NC(=O)N(C)Cc2nc(-c3cccc(Cl)c3)no2)c1. The number of carbonyl (C=O) groups is 1. The number of aromatic nitrogens is 2. The first-order valence-electron chi connectivity index (χ1n) is 7.80. The molecular formula is C18H17ClN4O3. The van der Waals surface area contributed by atoms with E-state index in [9.17, 15) is 4.79 Å². The maximum atomic E-state index is 12.3. The molecule has 0 fully saturated rings. The average molecular weight is 373 g/mol. The van der Waals surface area contributed by atoms with Crippen LogP contribution in [0.2, 0.25) is 5.02 Å². The van der Waals surface area contributed by atoms with Crippen molar-refractivity contribution in [2.45, 2.75) is 6.54 Å². The minimum atomic E-state index is -0.305. The van der Waals surface area contributed by atoms with E-state index >= 15 is 0 Å². The van der Waals surface area contributed by atoms with E-state index in [-0.39, 0.29) is 12.6 Å². The number of hydrogen-bond acceptors (Lipinski definition) is 5. The molecule has 0 radical (unpaired) electrons. The molecule has 0 spiro atoms. The monoisotopic (exact) mass is 372 g/mol. The van der Waals surface area contributed by atoms with Gasteiger partial charge >= 0.3 is 6.03 Å². The molecule has 0 saturated heterocycles. The van der Waals surface area contributed by atoms with Gasteiger partial charge in [-0.1, -0.05) is 35.0 Å². The lowest BCUT2D eigenvalue weighted by molar-refractivity contribution is 0.213. The summed E-state index contributed by atoms with van der Waals surface area (Å²) in [6.07, 6.45) is 0. The number of amides is 2. The van der Waals surface area contributed by atoms with Gasteiger partial charge in [0.25, 0.3) is 0 Å². The second-order valence-electron chi connectivity index (χ2n) is 5.54. The quantitative estimate of drug-likeness (QED) is 0.730. The fourth-order valence-electron chi connectivity index (χ4n) is 2.26. The van der Waals surface area contributed by atoms with E-state index < -0.39 is 0 Å². The van der Waals surface area contributed by atoms with E-state index in [1.165, 1.54) is 4.90 Å². The van der Waals surface area contributed by atoms with E-state index in [2.05, 4.69) is 15.5 Å². The minimum absolute atomic E-state index is 0.170. The van der Waals surface area contributed by atoms with Crippen LogP contribution in [0.4, 0.5) is 10.5 Å². The number of hydrogen-bond donors (Lipinski definition) is 1. The Labute approximate surface area is 155 Å². The molecule has 1 aromatic heterocycles. The highest BCUT2D eigenvalue weighted by Gasteiger charge is 2.15. The van der Waals surface area contributed by atoms with Crippen molar-refractivity contribution in [3.63, 3.8) is 0 Å². The third-order valence-corrected chi connectivity index (χ3v) is 3.83. The Kier molecular flexibility index (Phi) is 5.38. The predicted molar refractivity (Wildman–Crippen MR) is 98.2 cm³/mol. The summed E-state index contributed by atoms with van der Waals surface area (Å²) < 4.78 is 10.4. The number of halogens is 1. The molecule has 3 rings (SSSR count). The van der Waals surface area contributed by atoms with Crippen LogP contribution < -0.4 is 10.1 Å². The maximum absolute atomic E-state index is 12.3. The van der Waals surface area contributed by atoms with E-state index in [0.717, 1.165) is 5.56 Å². The number of ether oxygens (including phenoxy) is 1. The lowest BCUT2D eigenvalue weighted by Gasteiger charge is -2.16. The van der Waals surface area contributed by atoms with Gasteiger partial charge in [-0.05, 0) is 24.3 Å². The van der Waals surface area contributed by atoms with Gasteiger partial charge in [-0.2, -0.15) is 4.98 Å². The minimum Gasteiger partial charge on any atom is -0.497 e. The second-order valence-corrected chi connectivity index (χ2v) is 5.98. The fourth-order valence-corrected chi connectivity index (χ4v) is 2.45. The number of rotatable bonds is 5. The van der Waals surface area contributed by atoms with Crippen LogP contribution in [-0.4, -0.2) is 35.2 Å². The highest BCUT2D eigenvalue weighted by Crippen LogP contribution is 2.20. The van der Waals surface area contributed by atoms with Gasteiger partial charge in [-0.15, -0.1) is 0 Å². The molecule has 1 N–H and O–H groups in total. The van der Waals surface area contributed by atoms with Crippen LogP contribution in [0, 0.1) is 0 Å². The van der Waals surface area contributed by atoms with Crippen molar-refractivity contribution >= 4 is 23.3 Å². The van der Waals surface area contributed by atoms with Crippen LogP contribution in [0.5, 0.6) is 5.75 Å². The lowest BCUT2D eigenvalue weighted by Crippen LogP contribution is -2.30. The van der Waals surface area contributed by atoms with Gasteiger partial charge in [-0.3, -0.25) is 0 Å². The standard InChI is InChI=1S/C18H17ClN4O3/c1-23(18(24)20-14-7-4-8-15(10-14)25-2)11-16-21-17(22-26-16)12-5-3-6-13(19)9-12/h3-10H,11H2,1-2H3,(H,20,24). The van der Waals surface area contributed by atoms with Crippen LogP contribution >= 0.6 is 11.6 Å². The van der Waals surface area contributed by atoms with Crippen molar-refractivity contribution in [3.8, 4) is 17.1 Å². The Balaban J connectivity index is 1.64. The lowest BCUT2D eigenvalue weighted by atomic mass is 10.2. The van der Waals surface area contributed by atoms with Crippen LogP contribution in [-0.2, 0) is 6.54 Å². The Morgan fingerprint density at radius 2 is 2.08 bits per heavy atom. The zero-order valence-corrected chi connectivity index (χ0v) is 15.0. The zero-order valence-electron chi connectivity index (χ0n) is 14.3. The predicted octanol–water partition coefficient (Wildman–Crippen LogP) is 4.06. The Hall–Kier alpha value is -3.06. The zero-order chi connectivity index (χ0) is 18.5. The summed E-state index contributed by atoms with van der Waals surface area (Å²) >= 11 is 5.97. The third-order valence-electron chi connectivity index (χ3n) is 3.59. The van der Waals surface area contributed by atoms with Gasteiger partial charge in [0.2, 0.25) is 11.7 Å². The van der Waals surface area contributed by atoms with Gasteiger partial charge in [0.15, 0.2) is 0 Å². The van der Waals surface area contributed by atoms with Gasteiger partial charge < -0.3 is 19.5 Å². The number of nitrogens with zero attached hydrogens (tertiary/aromatic N) is 3. The third kappa shape index (κ3) is 4.31. The Morgan fingerprint density at radius 1 is 1.27 bits per heavy atom. The molecule has 134 valence electrons. The van der Waals surface area contributed by atoms with Crippen LogP contribution in [0.15, 0.2) is 53.1 Å². The van der Waals surface area contributed by atoms with Crippen molar-refractivity contribution in [1.29, 1.82) is 0 Å². The summed E-state index contributed by atoms with van der Waals surface area (Å²) in [6, 6.07) is 14.0. The van der Waals surface area contributed by atoms with E-state index in [0.29, 0.717) is 28.2 Å². The van der Waals surface area contributed by atoms with E-state index in [1.54, 1.807) is 56.6 Å². The molecule has 0 atom stereocenters. The molecule has 3 aromatic rings. The molecule has 0 aliphatic rings. The molecule has 8 heteroatoms. The molecule has 0 saturated carbocycles. The number of carbonyl (C=O) groups excluding carboxylic acids is 1. The smallest absolute Gasteiger partial charge is 0.322 e. The first kappa shape index (κ1) is 17.8.